The van der Waals surface area contributed by atoms with Crippen LogP contribution in [0.2, 0.25) is 0 Å². The molecule has 1 aromatic rings. The van der Waals surface area contributed by atoms with E-state index >= 15 is 0 Å². The van der Waals surface area contributed by atoms with E-state index in [-0.39, 0.29) is 11.8 Å². The summed E-state index contributed by atoms with van der Waals surface area (Å²) in [7, 11) is 3.10. The minimum atomic E-state index is -0.460. The SMILES string of the molecule is COc1cccc(/C=C/C(=O)NC2CCCNC2=O)c1OC. The second-order valence-corrected chi connectivity index (χ2v) is 4.91. The number of para-hydroxylation sites is 1. The topological polar surface area (TPSA) is 76.7 Å². The van der Waals surface area contributed by atoms with E-state index in [4.69, 9.17) is 9.47 Å². The average Bonchev–Trinajstić information content (AvgIpc) is 2.54. The first-order valence-corrected chi connectivity index (χ1v) is 7.13. The van der Waals surface area contributed by atoms with Gasteiger partial charge in [0, 0.05) is 18.2 Å². The largest absolute Gasteiger partial charge is 0.493 e. The molecule has 1 aliphatic rings. The molecular formula is C16H20N2O4. The highest BCUT2D eigenvalue weighted by Crippen LogP contribution is 2.31. The van der Waals surface area contributed by atoms with Gasteiger partial charge in [-0.1, -0.05) is 12.1 Å². The molecule has 1 saturated heterocycles. The summed E-state index contributed by atoms with van der Waals surface area (Å²) in [5.74, 6) is 0.708. The monoisotopic (exact) mass is 304 g/mol. The van der Waals surface area contributed by atoms with Gasteiger partial charge in [-0.2, -0.15) is 0 Å². The van der Waals surface area contributed by atoms with Crippen LogP contribution in [0.5, 0.6) is 11.5 Å². The number of piperidine rings is 1. The van der Waals surface area contributed by atoms with Gasteiger partial charge in [0.25, 0.3) is 0 Å². The molecule has 1 atom stereocenters. The van der Waals surface area contributed by atoms with Crippen molar-refractivity contribution in [1.29, 1.82) is 0 Å². The molecule has 1 aliphatic heterocycles. The van der Waals surface area contributed by atoms with Crippen LogP contribution in [-0.2, 0) is 9.59 Å². The van der Waals surface area contributed by atoms with Crippen molar-refractivity contribution >= 4 is 17.9 Å². The van der Waals surface area contributed by atoms with Gasteiger partial charge in [0.15, 0.2) is 11.5 Å². The van der Waals surface area contributed by atoms with Gasteiger partial charge in [-0.05, 0) is 25.0 Å². The Labute approximate surface area is 129 Å². The van der Waals surface area contributed by atoms with Crippen LogP contribution in [-0.4, -0.2) is 38.6 Å². The number of methoxy groups -OCH3 is 2. The van der Waals surface area contributed by atoms with Crippen LogP contribution < -0.4 is 20.1 Å². The number of benzene rings is 1. The third-order valence-electron chi connectivity index (χ3n) is 3.45. The summed E-state index contributed by atoms with van der Waals surface area (Å²) in [6, 6.07) is 4.95. The molecule has 0 spiro atoms. The van der Waals surface area contributed by atoms with Crippen LogP contribution in [0.25, 0.3) is 6.08 Å². The highest BCUT2D eigenvalue weighted by Gasteiger charge is 2.22. The number of hydrogen-bond donors (Lipinski definition) is 2. The molecule has 0 bridgehead atoms. The summed E-state index contributed by atoms with van der Waals surface area (Å²) in [6.45, 7) is 0.669. The van der Waals surface area contributed by atoms with Crippen molar-refractivity contribution in [2.75, 3.05) is 20.8 Å². The van der Waals surface area contributed by atoms with Gasteiger partial charge in [-0.15, -0.1) is 0 Å². The third-order valence-corrected chi connectivity index (χ3v) is 3.45. The fourth-order valence-electron chi connectivity index (χ4n) is 2.34. The van der Waals surface area contributed by atoms with Crippen LogP contribution >= 0.6 is 0 Å². The summed E-state index contributed by atoms with van der Waals surface area (Å²) >= 11 is 0. The lowest BCUT2D eigenvalue weighted by atomic mass is 10.1. The number of hydrogen-bond acceptors (Lipinski definition) is 4. The third kappa shape index (κ3) is 3.78. The molecule has 2 N–H and O–H groups in total. The molecule has 0 saturated carbocycles. The molecule has 1 heterocycles. The zero-order valence-electron chi connectivity index (χ0n) is 12.7. The molecule has 22 heavy (non-hydrogen) atoms. The van der Waals surface area contributed by atoms with Crippen molar-refractivity contribution in [2.24, 2.45) is 0 Å². The molecule has 0 aliphatic carbocycles. The van der Waals surface area contributed by atoms with E-state index in [0.29, 0.717) is 24.5 Å². The second kappa shape index (κ2) is 7.49. The Morgan fingerprint density at radius 3 is 2.86 bits per heavy atom. The number of nitrogens with one attached hydrogen (secondary N) is 2. The molecule has 2 rings (SSSR count). The van der Waals surface area contributed by atoms with E-state index in [0.717, 1.165) is 12.0 Å². The molecule has 6 heteroatoms. The van der Waals surface area contributed by atoms with E-state index < -0.39 is 6.04 Å². The number of carbonyl (C=O) groups is 2. The zero-order valence-corrected chi connectivity index (χ0v) is 12.7. The Hall–Kier alpha value is -2.50. The molecule has 2 amide bonds. The molecule has 118 valence electrons. The molecule has 1 fully saturated rings. The Morgan fingerprint density at radius 1 is 1.36 bits per heavy atom. The van der Waals surface area contributed by atoms with Crippen LogP contribution in [0.1, 0.15) is 18.4 Å². The number of ether oxygens (including phenoxy) is 2. The van der Waals surface area contributed by atoms with Crippen LogP contribution in [0.3, 0.4) is 0 Å². The first kappa shape index (κ1) is 15.9. The van der Waals surface area contributed by atoms with E-state index in [1.165, 1.54) is 6.08 Å². The molecule has 0 aromatic heterocycles. The van der Waals surface area contributed by atoms with Crippen molar-refractivity contribution < 1.29 is 19.1 Å². The van der Waals surface area contributed by atoms with E-state index in [9.17, 15) is 9.59 Å². The zero-order chi connectivity index (χ0) is 15.9. The maximum absolute atomic E-state index is 11.9. The fraction of sp³-hybridized carbons (Fsp3) is 0.375. The molecular weight excluding hydrogens is 284 g/mol. The first-order valence-electron chi connectivity index (χ1n) is 7.13. The Kier molecular flexibility index (Phi) is 5.41. The van der Waals surface area contributed by atoms with Gasteiger partial charge in [-0.3, -0.25) is 9.59 Å². The minimum Gasteiger partial charge on any atom is -0.493 e. The summed E-state index contributed by atoms with van der Waals surface area (Å²) in [5, 5.41) is 5.43. The first-order chi connectivity index (χ1) is 10.7. The normalized spacial score (nSPS) is 17.9. The number of carbonyl (C=O) groups excluding carboxylic acids is 2. The smallest absolute Gasteiger partial charge is 0.244 e. The van der Waals surface area contributed by atoms with Crippen molar-refractivity contribution in [3.63, 3.8) is 0 Å². The standard InChI is InChI=1S/C16H20N2O4/c1-21-13-7-3-5-11(15(13)22-2)8-9-14(19)18-12-6-4-10-17-16(12)20/h3,5,7-9,12H,4,6,10H2,1-2H3,(H,17,20)(H,18,19)/b9-8+. The lowest BCUT2D eigenvalue weighted by molar-refractivity contribution is -0.128. The predicted molar refractivity (Wildman–Crippen MR) is 82.8 cm³/mol. The lowest BCUT2D eigenvalue weighted by Crippen LogP contribution is -2.49. The van der Waals surface area contributed by atoms with E-state index in [2.05, 4.69) is 10.6 Å². The van der Waals surface area contributed by atoms with Crippen molar-refractivity contribution in [3.05, 3.63) is 29.8 Å². The van der Waals surface area contributed by atoms with Crippen LogP contribution in [0.4, 0.5) is 0 Å². The fourth-order valence-corrected chi connectivity index (χ4v) is 2.34. The van der Waals surface area contributed by atoms with Crippen LogP contribution in [0.15, 0.2) is 24.3 Å². The number of rotatable bonds is 5. The Morgan fingerprint density at radius 2 is 2.18 bits per heavy atom. The van der Waals surface area contributed by atoms with E-state index in [1.807, 2.05) is 12.1 Å². The van der Waals surface area contributed by atoms with Crippen molar-refractivity contribution in [3.8, 4) is 11.5 Å². The maximum Gasteiger partial charge on any atom is 0.244 e. The van der Waals surface area contributed by atoms with Gasteiger partial charge in [-0.25, -0.2) is 0 Å². The van der Waals surface area contributed by atoms with E-state index in [1.54, 1.807) is 26.4 Å². The Bertz CT molecular complexity index is 584. The highest BCUT2D eigenvalue weighted by atomic mass is 16.5. The molecule has 1 aromatic carbocycles. The average molecular weight is 304 g/mol. The molecule has 0 radical (unpaired) electrons. The van der Waals surface area contributed by atoms with Gasteiger partial charge in [0.1, 0.15) is 6.04 Å². The molecule has 6 nitrogen and oxygen atoms in total. The number of amides is 2. The van der Waals surface area contributed by atoms with Gasteiger partial charge < -0.3 is 20.1 Å². The lowest BCUT2D eigenvalue weighted by Gasteiger charge is -2.22. The molecule has 1 unspecified atom stereocenters. The highest BCUT2D eigenvalue weighted by molar-refractivity contribution is 5.96. The summed E-state index contributed by atoms with van der Waals surface area (Å²) < 4.78 is 10.5. The summed E-state index contributed by atoms with van der Waals surface area (Å²) in [5.41, 5.74) is 0.727. The van der Waals surface area contributed by atoms with Crippen LogP contribution in [0, 0.1) is 0 Å². The van der Waals surface area contributed by atoms with Crippen molar-refractivity contribution in [1.82, 2.24) is 10.6 Å². The second-order valence-electron chi connectivity index (χ2n) is 4.91. The van der Waals surface area contributed by atoms with Crippen molar-refractivity contribution in [2.45, 2.75) is 18.9 Å². The van der Waals surface area contributed by atoms with Gasteiger partial charge >= 0.3 is 0 Å². The predicted octanol–water partition coefficient (Wildman–Crippen LogP) is 1.11. The van der Waals surface area contributed by atoms with Gasteiger partial charge in [0.05, 0.1) is 14.2 Å². The minimum absolute atomic E-state index is 0.132. The quantitative estimate of drug-likeness (QED) is 0.799. The summed E-state index contributed by atoms with van der Waals surface area (Å²) in [6.07, 6.45) is 4.55. The maximum atomic E-state index is 11.9. The van der Waals surface area contributed by atoms with Gasteiger partial charge in [0.2, 0.25) is 11.8 Å². The Balaban J connectivity index is 2.05. The summed E-state index contributed by atoms with van der Waals surface area (Å²) in [4.78, 5) is 23.5.